The molecule has 1 aliphatic rings. The van der Waals surface area contributed by atoms with E-state index in [-0.39, 0.29) is 11.2 Å². The van der Waals surface area contributed by atoms with Gasteiger partial charge in [0.1, 0.15) is 5.75 Å². The molecule has 1 N–H and O–H groups in total. The third-order valence-corrected chi connectivity index (χ3v) is 6.55. The van der Waals surface area contributed by atoms with Gasteiger partial charge in [0.2, 0.25) is 5.91 Å². The lowest BCUT2D eigenvalue weighted by Gasteiger charge is -2.15. The highest BCUT2D eigenvalue weighted by atomic mass is 35.5. The molecule has 6 nitrogen and oxygen atoms in total. The van der Waals surface area contributed by atoms with Crippen molar-refractivity contribution in [2.45, 2.75) is 36.2 Å². The van der Waals surface area contributed by atoms with Gasteiger partial charge in [0.05, 0.1) is 22.9 Å². The topological polar surface area (TPSA) is 69.0 Å². The molecule has 3 aromatic rings. The van der Waals surface area contributed by atoms with Crippen LogP contribution in [0.4, 0.5) is 5.69 Å². The first-order chi connectivity index (χ1) is 13.6. The van der Waals surface area contributed by atoms with Crippen molar-refractivity contribution in [3.8, 4) is 16.5 Å². The molecule has 1 fully saturated rings. The molecule has 0 spiro atoms. The van der Waals surface area contributed by atoms with Crippen LogP contribution in [-0.2, 0) is 4.79 Å². The van der Waals surface area contributed by atoms with Crippen molar-refractivity contribution in [1.82, 2.24) is 14.8 Å². The van der Waals surface area contributed by atoms with E-state index in [1.165, 1.54) is 11.8 Å². The maximum atomic E-state index is 12.7. The van der Waals surface area contributed by atoms with E-state index in [0.717, 1.165) is 28.7 Å². The van der Waals surface area contributed by atoms with E-state index in [1.807, 2.05) is 24.4 Å². The molecular formula is C19H19ClN4O2S2. The van der Waals surface area contributed by atoms with Crippen molar-refractivity contribution in [2.24, 2.45) is 0 Å². The number of carbonyl (C=O) groups is 1. The Morgan fingerprint density at radius 1 is 1.39 bits per heavy atom. The van der Waals surface area contributed by atoms with Crippen LogP contribution in [0, 0.1) is 0 Å². The number of hydrogen-bond donors (Lipinski definition) is 1. The van der Waals surface area contributed by atoms with Crippen molar-refractivity contribution >= 4 is 46.3 Å². The fraction of sp³-hybridized carbons (Fsp3) is 0.316. The highest BCUT2D eigenvalue weighted by molar-refractivity contribution is 8.00. The summed E-state index contributed by atoms with van der Waals surface area (Å²) in [6.07, 6.45) is 2.23. The standard InChI is InChI=1S/C19H19ClN4O2S2/c1-11(18(25)21-14-10-12(20)5-8-15(14)26-2)28-19-23-22-17(16-4-3-9-27-16)24(19)13-6-7-13/h3-5,8-11,13H,6-7H2,1-2H3,(H,21,25)/t11-/m1/s1. The number of thioether (sulfide) groups is 1. The second-order valence-corrected chi connectivity index (χ2v) is 9.17. The summed E-state index contributed by atoms with van der Waals surface area (Å²) in [6.45, 7) is 1.85. The van der Waals surface area contributed by atoms with Crippen molar-refractivity contribution in [3.63, 3.8) is 0 Å². The minimum atomic E-state index is -0.360. The largest absolute Gasteiger partial charge is 0.495 e. The molecule has 9 heteroatoms. The van der Waals surface area contributed by atoms with Gasteiger partial charge in [0, 0.05) is 11.1 Å². The lowest BCUT2D eigenvalue weighted by Crippen LogP contribution is -2.23. The second-order valence-electron chi connectivity index (χ2n) is 6.48. The number of hydrogen-bond acceptors (Lipinski definition) is 6. The maximum absolute atomic E-state index is 12.7. The van der Waals surface area contributed by atoms with Crippen LogP contribution in [-0.4, -0.2) is 33.0 Å². The number of thiophene rings is 1. The van der Waals surface area contributed by atoms with E-state index in [0.29, 0.717) is 22.5 Å². The highest BCUT2D eigenvalue weighted by Crippen LogP contribution is 2.42. The Morgan fingerprint density at radius 2 is 2.21 bits per heavy atom. The van der Waals surface area contributed by atoms with Gasteiger partial charge in [-0.1, -0.05) is 29.4 Å². The summed E-state index contributed by atoms with van der Waals surface area (Å²) in [4.78, 5) is 13.8. The van der Waals surface area contributed by atoms with Crippen LogP contribution in [0.5, 0.6) is 5.75 Å². The highest BCUT2D eigenvalue weighted by Gasteiger charge is 2.31. The van der Waals surface area contributed by atoms with Gasteiger partial charge in [0.15, 0.2) is 11.0 Å². The summed E-state index contributed by atoms with van der Waals surface area (Å²) in [7, 11) is 1.56. The summed E-state index contributed by atoms with van der Waals surface area (Å²) in [5.41, 5.74) is 0.551. The molecule has 1 aliphatic carbocycles. The fourth-order valence-electron chi connectivity index (χ4n) is 2.82. The van der Waals surface area contributed by atoms with Crippen LogP contribution in [0.25, 0.3) is 10.7 Å². The van der Waals surface area contributed by atoms with Crippen LogP contribution in [0.1, 0.15) is 25.8 Å². The summed E-state index contributed by atoms with van der Waals surface area (Å²) in [6, 6.07) is 9.59. The molecule has 0 bridgehead atoms. The van der Waals surface area contributed by atoms with Crippen molar-refractivity contribution in [3.05, 3.63) is 40.7 Å². The van der Waals surface area contributed by atoms with Gasteiger partial charge in [-0.05, 0) is 49.4 Å². The van der Waals surface area contributed by atoms with Crippen LogP contribution in [0.2, 0.25) is 5.02 Å². The molecule has 0 saturated heterocycles. The van der Waals surface area contributed by atoms with Crippen LogP contribution >= 0.6 is 34.7 Å². The molecule has 0 unspecified atom stereocenters. The van der Waals surface area contributed by atoms with Gasteiger partial charge in [-0.15, -0.1) is 21.5 Å². The van der Waals surface area contributed by atoms with Crippen LogP contribution in [0.3, 0.4) is 0 Å². The van der Waals surface area contributed by atoms with Gasteiger partial charge in [-0.2, -0.15) is 0 Å². The first-order valence-corrected chi connectivity index (χ1v) is 11.0. The fourth-order valence-corrected chi connectivity index (χ4v) is 4.61. The minimum Gasteiger partial charge on any atom is -0.495 e. The van der Waals surface area contributed by atoms with E-state index in [4.69, 9.17) is 16.3 Å². The number of nitrogens with one attached hydrogen (secondary N) is 1. The Labute approximate surface area is 176 Å². The zero-order valence-electron chi connectivity index (χ0n) is 15.4. The van der Waals surface area contributed by atoms with Crippen LogP contribution < -0.4 is 10.1 Å². The van der Waals surface area contributed by atoms with Gasteiger partial charge in [-0.3, -0.25) is 9.36 Å². The number of methoxy groups -OCH3 is 1. The molecule has 0 radical (unpaired) electrons. The maximum Gasteiger partial charge on any atom is 0.237 e. The Kier molecular flexibility index (Phi) is 5.61. The SMILES string of the molecule is COc1ccc(Cl)cc1NC(=O)[C@@H](C)Sc1nnc(-c2cccs2)n1C1CC1. The molecule has 146 valence electrons. The van der Waals surface area contributed by atoms with E-state index >= 15 is 0 Å². The first kappa shape index (κ1) is 19.3. The molecule has 2 aromatic heterocycles. The van der Waals surface area contributed by atoms with Crippen molar-refractivity contribution in [1.29, 1.82) is 0 Å². The molecule has 28 heavy (non-hydrogen) atoms. The van der Waals surface area contributed by atoms with E-state index < -0.39 is 0 Å². The molecular weight excluding hydrogens is 416 g/mol. The Bertz CT molecular complexity index is 986. The van der Waals surface area contributed by atoms with E-state index in [2.05, 4.69) is 20.1 Å². The number of benzene rings is 1. The van der Waals surface area contributed by atoms with Crippen molar-refractivity contribution < 1.29 is 9.53 Å². The van der Waals surface area contributed by atoms with E-state index in [1.54, 1.807) is 36.6 Å². The van der Waals surface area contributed by atoms with Gasteiger partial charge < -0.3 is 10.1 Å². The smallest absolute Gasteiger partial charge is 0.237 e. The normalized spacial score (nSPS) is 14.7. The number of ether oxygens (including phenoxy) is 1. The molecule has 4 rings (SSSR count). The molecule has 1 aromatic carbocycles. The third kappa shape index (κ3) is 4.04. The minimum absolute atomic E-state index is 0.145. The molecule has 1 saturated carbocycles. The van der Waals surface area contributed by atoms with E-state index in [9.17, 15) is 4.79 Å². The van der Waals surface area contributed by atoms with Gasteiger partial charge in [-0.25, -0.2) is 0 Å². The summed E-state index contributed by atoms with van der Waals surface area (Å²) < 4.78 is 7.46. The van der Waals surface area contributed by atoms with Crippen LogP contribution in [0.15, 0.2) is 40.9 Å². The lowest BCUT2D eigenvalue weighted by atomic mass is 10.3. The number of aromatic nitrogens is 3. The first-order valence-electron chi connectivity index (χ1n) is 8.86. The number of rotatable bonds is 7. The molecule has 1 amide bonds. The summed E-state index contributed by atoms with van der Waals surface area (Å²) in [5.74, 6) is 1.30. The quantitative estimate of drug-likeness (QED) is 0.522. The number of anilines is 1. The second kappa shape index (κ2) is 8.14. The predicted molar refractivity (Wildman–Crippen MR) is 114 cm³/mol. The number of carbonyl (C=O) groups excluding carboxylic acids is 1. The zero-order chi connectivity index (χ0) is 19.7. The lowest BCUT2D eigenvalue weighted by molar-refractivity contribution is -0.115. The van der Waals surface area contributed by atoms with Gasteiger partial charge >= 0.3 is 0 Å². The molecule has 2 heterocycles. The molecule has 0 aliphatic heterocycles. The average Bonchev–Trinajstić information content (AvgIpc) is 3.20. The summed E-state index contributed by atoms with van der Waals surface area (Å²) >= 11 is 9.10. The zero-order valence-corrected chi connectivity index (χ0v) is 17.8. The molecule has 1 atom stereocenters. The number of halogens is 1. The Morgan fingerprint density at radius 3 is 2.89 bits per heavy atom. The third-order valence-electron chi connectivity index (χ3n) is 4.39. The average molecular weight is 435 g/mol. The van der Waals surface area contributed by atoms with Gasteiger partial charge in [0.25, 0.3) is 0 Å². The van der Waals surface area contributed by atoms with Crippen molar-refractivity contribution in [2.75, 3.05) is 12.4 Å². The number of amides is 1. The Hall–Kier alpha value is -2.03. The number of nitrogens with zero attached hydrogens (tertiary/aromatic N) is 3. The monoisotopic (exact) mass is 434 g/mol. The predicted octanol–water partition coefficient (Wildman–Crippen LogP) is 5.12. The Balaban J connectivity index is 1.52. The summed E-state index contributed by atoms with van der Waals surface area (Å²) in [5, 5.41) is 14.6.